The van der Waals surface area contributed by atoms with Gasteiger partial charge in [0.05, 0.1) is 31.9 Å². The summed E-state index contributed by atoms with van der Waals surface area (Å²) in [5.41, 5.74) is 28.3. The summed E-state index contributed by atoms with van der Waals surface area (Å²) in [5.74, 6) is -9.52. The number of nitrogens with zero attached hydrogens (tertiary/aromatic N) is 2. The van der Waals surface area contributed by atoms with Crippen LogP contribution < -0.4 is 71.2 Å². The molecule has 0 saturated heterocycles. The molecule has 29 nitrogen and oxygen atoms in total. The molecule has 0 aliphatic heterocycles. The zero-order valence-corrected chi connectivity index (χ0v) is 41.2. The second kappa shape index (κ2) is 31.0. The standard InChI is InChI=1S/C44H72N16O13/c1-21(2)15-29(37(67)54-19-33(65)60-35(23(4)63)41(71)57-28(42(72)73)12-8-14-51-44(48)49)58-39(69)31(20-61)59-38(68)30(16-24-17-52-26-10-6-5-9-25(24)26)55-32(64)18-53-36(66)27(11-7-13-50-43(46)47)56-40(70)34(45)22(3)62/h5-6,9-10,17,21-23,27-31,34-35,52,61-63H,7-8,11-16,18-20,45H2,1-4H3,(H,53,66)(H,54,67)(H,55,64)(H,56,70)(H,57,71)(H,58,69)(H,59,68)(H,60,65)(H,72,73)(H4,46,47,50)(H4,48,49,51)/t22-,23-,27+,28+,29+,30+,31+,34+,35+/m1/s1. The number of nitrogens with one attached hydrogen (secondary N) is 9. The van der Waals surface area contributed by atoms with E-state index in [2.05, 4.69) is 57.5 Å². The minimum absolute atomic E-state index is 0.0110. The molecule has 0 spiro atoms. The lowest BCUT2D eigenvalue weighted by Crippen LogP contribution is -2.59. The molecular weight excluding hydrogens is 961 g/mol. The number of amides is 8. The molecule has 0 saturated carbocycles. The number of nitrogens with two attached hydrogens (primary N) is 5. The maximum atomic E-state index is 14.0. The van der Waals surface area contributed by atoms with Crippen LogP contribution >= 0.6 is 0 Å². The fourth-order valence-electron chi connectivity index (χ4n) is 6.91. The van der Waals surface area contributed by atoms with E-state index in [-0.39, 0.29) is 69.5 Å². The molecular formula is C44H72N16O13. The first kappa shape index (κ1) is 61.5. The van der Waals surface area contributed by atoms with Gasteiger partial charge < -0.3 is 96.6 Å². The van der Waals surface area contributed by atoms with Crippen LogP contribution in [0, 0.1) is 5.92 Å². The number of aliphatic hydroxyl groups is 3. The zero-order valence-electron chi connectivity index (χ0n) is 41.2. The van der Waals surface area contributed by atoms with E-state index in [1.54, 1.807) is 44.3 Å². The Balaban J connectivity index is 2.22. The van der Waals surface area contributed by atoms with E-state index >= 15 is 0 Å². The second-order valence-electron chi connectivity index (χ2n) is 17.5. The number of aliphatic imine (C=N–C) groups is 2. The average molecular weight is 1030 g/mol. The number of para-hydroxylation sites is 1. The van der Waals surface area contributed by atoms with E-state index in [1.165, 1.54) is 13.8 Å². The highest BCUT2D eigenvalue weighted by Crippen LogP contribution is 2.19. The fraction of sp³-hybridized carbons (Fsp3) is 0.568. The summed E-state index contributed by atoms with van der Waals surface area (Å²) in [5, 5.41) is 59.7. The van der Waals surface area contributed by atoms with Crippen molar-refractivity contribution >= 4 is 76.0 Å². The highest BCUT2D eigenvalue weighted by atomic mass is 16.4. The van der Waals surface area contributed by atoms with E-state index < -0.39 is 127 Å². The quantitative estimate of drug-likeness (QED) is 0.0184. The first-order chi connectivity index (χ1) is 34.3. The number of carboxylic acids is 1. The Morgan fingerprint density at radius 3 is 1.66 bits per heavy atom. The van der Waals surface area contributed by atoms with Crippen molar-refractivity contribution in [2.24, 2.45) is 44.6 Å². The lowest BCUT2D eigenvalue weighted by atomic mass is 10.0. The molecule has 23 N–H and O–H groups in total. The van der Waals surface area contributed by atoms with Crippen LogP contribution in [-0.4, -0.2) is 178 Å². The van der Waals surface area contributed by atoms with Crippen LogP contribution in [0.3, 0.4) is 0 Å². The summed E-state index contributed by atoms with van der Waals surface area (Å²) in [4.78, 5) is 129. The predicted molar refractivity (Wildman–Crippen MR) is 265 cm³/mol. The number of fused-ring (bicyclic) bond motifs is 1. The molecule has 406 valence electrons. The molecule has 1 aromatic carbocycles. The fourth-order valence-corrected chi connectivity index (χ4v) is 6.91. The molecule has 0 aliphatic carbocycles. The number of hydrogen-bond donors (Lipinski definition) is 18. The Morgan fingerprint density at radius 1 is 0.616 bits per heavy atom. The van der Waals surface area contributed by atoms with Gasteiger partial charge in [-0.3, -0.25) is 48.3 Å². The second-order valence-corrected chi connectivity index (χ2v) is 17.5. The number of aliphatic carboxylic acids is 1. The zero-order chi connectivity index (χ0) is 54.9. The van der Waals surface area contributed by atoms with Crippen LogP contribution in [0.1, 0.15) is 65.4 Å². The van der Waals surface area contributed by atoms with Crippen molar-refractivity contribution in [1.29, 1.82) is 0 Å². The first-order valence-corrected chi connectivity index (χ1v) is 23.3. The van der Waals surface area contributed by atoms with E-state index in [0.29, 0.717) is 16.5 Å². The van der Waals surface area contributed by atoms with Crippen molar-refractivity contribution in [3.05, 3.63) is 36.0 Å². The Hall–Kier alpha value is -7.63. The van der Waals surface area contributed by atoms with Crippen LogP contribution in [0.5, 0.6) is 0 Å². The number of carbonyl (C=O) groups is 9. The SMILES string of the molecule is CC(C)C[C@H](NC(=O)[C@H](CO)NC(=O)[C@H](Cc1c[nH]c2ccccc12)NC(=O)CNC(=O)[C@H](CCCN=C(N)N)NC(=O)[C@@H](N)[C@@H](C)O)C(=O)NCC(=O)N[C@H](C(=O)N[C@@H](CCCN=C(N)N)C(=O)O)[C@@H](C)O. The van der Waals surface area contributed by atoms with Crippen LogP contribution in [-0.2, 0) is 49.6 Å². The smallest absolute Gasteiger partial charge is 0.326 e. The lowest BCUT2D eigenvalue weighted by molar-refractivity contribution is -0.143. The number of H-pyrrole nitrogens is 1. The van der Waals surface area contributed by atoms with Gasteiger partial charge in [0.25, 0.3) is 0 Å². The molecule has 73 heavy (non-hydrogen) atoms. The van der Waals surface area contributed by atoms with Crippen LogP contribution in [0.2, 0.25) is 0 Å². The third-order valence-electron chi connectivity index (χ3n) is 10.8. The molecule has 0 aliphatic rings. The number of benzene rings is 1. The number of aromatic nitrogens is 1. The monoisotopic (exact) mass is 1030 g/mol. The van der Waals surface area contributed by atoms with Crippen molar-refractivity contribution in [3.8, 4) is 0 Å². The number of carboxylic acid groups (broad SMARTS) is 1. The van der Waals surface area contributed by atoms with Crippen molar-refractivity contribution in [2.75, 3.05) is 32.8 Å². The summed E-state index contributed by atoms with van der Waals surface area (Å²) in [6.45, 7) is 3.58. The van der Waals surface area contributed by atoms with Crippen LogP contribution in [0.15, 0.2) is 40.4 Å². The molecule has 8 amide bonds. The Labute approximate surface area is 420 Å². The van der Waals surface area contributed by atoms with Gasteiger partial charge in [0, 0.05) is 36.6 Å². The minimum Gasteiger partial charge on any atom is -0.480 e. The van der Waals surface area contributed by atoms with E-state index in [1.807, 2.05) is 0 Å². The van der Waals surface area contributed by atoms with Crippen molar-refractivity contribution < 1.29 is 63.6 Å². The molecule has 0 fully saturated rings. The van der Waals surface area contributed by atoms with Gasteiger partial charge in [-0.25, -0.2) is 4.79 Å². The van der Waals surface area contributed by atoms with Gasteiger partial charge in [0.1, 0.15) is 42.3 Å². The molecule has 2 aromatic rings. The molecule has 1 heterocycles. The van der Waals surface area contributed by atoms with Gasteiger partial charge in [0.2, 0.25) is 47.3 Å². The maximum absolute atomic E-state index is 14.0. The highest BCUT2D eigenvalue weighted by molar-refractivity contribution is 5.97. The van der Waals surface area contributed by atoms with Gasteiger partial charge in [0.15, 0.2) is 11.9 Å². The summed E-state index contributed by atoms with van der Waals surface area (Å²) in [6.07, 6.45) is -1.09. The first-order valence-electron chi connectivity index (χ1n) is 23.3. The summed E-state index contributed by atoms with van der Waals surface area (Å²) in [6, 6.07) is -3.17. The van der Waals surface area contributed by atoms with E-state index in [9.17, 15) is 63.6 Å². The summed E-state index contributed by atoms with van der Waals surface area (Å²) < 4.78 is 0. The van der Waals surface area contributed by atoms with E-state index in [0.717, 1.165) is 0 Å². The summed E-state index contributed by atoms with van der Waals surface area (Å²) in [7, 11) is 0. The predicted octanol–water partition coefficient (Wildman–Crippen LogP) is -6.83. The molecule has 1 aromatic heterocycles. The molecule has 0 radical (unpaired) electrons. The topological polar surface area (TPSA) is 501 Å². The largest absolute Gasteiger partial charge is 0.480 e. The molecule has 2 rings (SSSR count). The van der Waals surface area contributed by atoms with Crippen LogP contribution in [0.25, 0.3) is 10.9 Å². The average Bonchev–Trinajstić information content (AvgIpc) is 3.73. The van der Waals surface area contributed by atoms with Gasteiger partial charge in [-0.2, -0.15) is 0 Å². The number of guanidine groups is 2. The van der Waals surface area contributed by atoms with E-state index in [4.69, 9.17) is 28.7 Å². The normalized spacial score (nSPS) is 14.8. The highest BCUT2D eigenvalue weighted by Gasteiger charge is 2.33. The van der Waals surface area contributed by atoms with Gasteiger partial charge >= 0.3 is 5.97 Å². The van der Waals surface area contributed by atoms with Crippen molar-refractivity contribution in [1.82, 2.24) is 47.5 Å². The third-order valence-corrected chi connectivity index (χ3v) is 10.8. The van der Waals surface area contributed by atoms with Gasteiger partial charge in [-0.1, -0.05) is 32.0 Å². The molecule has 0 unspecified atom stereocenters. The molecule has 0 bridgehead atoms. The maximum Gasteiger partial charge on any atom is 0.326 e. The molecule has 29 heteroatoms. The van der Waals surface area contributed by atoms with Gasteiger partial charge in [-0.05, 0) is 63.5 Å². The Morgan fingerprint density at radius 2 is 1.12 bits per heavy atom. The summed E-state index contributed by atoms with van der Waals surface area (Å²) >= 11 is 0. The minimum atomic E-state index is -1.71. The third kappa shape index (κ3) is 22.1. The number of aliphatic hydroxyl groups excluding tert-OH is 3. The number of hydrogen-bond acceptors (Lipinski definition) is 15. The van der Waals surface area contributed by atoms with Crippen molar-refractivity contribution in [3.63, 3.8) is 0 Å². The molecule has 9 atom stereocenters. The van der Waals surface area contributed by atoms with Gasteiger partial charge in [-0.15, -0.1) is 0 Å². The number of rotatable bonds is 32. The Bertz CT molecular complexity index is 2260. The van der Waals surface area contributed by atoms with Crippen molar-refractivity contribution in [2.45, 2.75) is 121 Å². The number of aromatic amines is 1. The number of carbonyl (C=O) groups excluding carboxylic acids is 8. The Kier molecular flexibility index (Phi) is 26.1. The van der Waals surface area contributed by atoms with Crippen LogP contribution in [0.4, 0.5) is 0 Å². The lowest BCUT2D eigenvalue weighted by Gasteiger charge is -2.26.